The summed E-state index contributed by atoms with van der Waals surface area (Å²) in [5.41, 5.74) is 0. The van der Waals surface area contributed by atoms with Crippen molar-refractivity contribution in [3.63, 3.8) is 0 Å². The largest absolute Gasteiger partial charge is 1.00 e. The molecule has 0 atom stereocenters. The van der Waals surface area contributed by atoms with Gasteiger partial charge in [0, 0.05) is 19.3 Å². The topological polar surface area (TPSA) is 19.0 Å². The summed E-state index contributed by atoms with van der Waals surface area (Å²) in [7, 11) is 0. The third-order valence-corrected chi connectivity index (χ3v) is 3.14. The summed E-state index contributed by atoms with van der Waals surface area (Å²) in [6, 6.07) is 1.82. The molecular weight excluding hydrogens is 227 g/mol. The van der Waals surface area contributed by atoms with Gasteiger partial charge in [-0.3, -0.25) is 0 Å². The van der Waals surface area contributed by atoms with E-state index in [1.165, 1.54) is 12.8 Å². The van der Waals surface area contributed by atoms with Gasteiger partial charge in [-0.15, -0.1) is 0 Å². The number of hydrogen-bond donors (Lipinski definition) is 1. The molecule has 2 nitrogen and oxygen atoms in total. The third-order valence-electron chi connectivity index (χ3n) is 2.30. The third kappa shape index (κ3) is 2.52. The molecule has 0 bridgehead atoms. The first-order chi connectivity index (χ1) is 6.29. The molecule has 14 heavy (non-hydrogen) atoms. The van der Waals surface area contributed by atoms with E-state index in [-0.39, 0.29) is 31.0 Å². The van der Waals surface area contributed by atoms with Crippen LogP contribution in [0.15, 0.2) is 12.3 Å². The van der Waals surface area contributed by atoms with Gasteiger partial charge in [-0.25, -0.2) is 0 Å². The maximum atomic E-state index is 6.10. The van der Waals surface area contributed by atoms with E-state index in [4.69, 9.17) is 23.8 Å². The molecule has 1 saturated heterocycles. The average molecular weight is 239 g/mol. The SMILES string of the molecule is S=c1cc[nH]c(N2CCCC2)c1Cl.[H-].[Na+]. The average Bonchev–Trinajstić information content (AvgIpc) is 2.62. The number of rotatable bonds is 1. The smallest absolute Gasteiger partial charge is 1.00 e. The molecule has 2 rings (SSSR count). The summed E-state index contributed by atoms with van der Waals surface area (Å²) in [5.74, 6) is 0.978. The quantitative estimate of drug-likeness (QED) is 0.554. The Bertz CT molecular complexity index is 365. The van der Waals surface area contributed by atoms with E-state index < -0.39 is 0 Å². The summed E-state index contributed by atoms with van der Waals surface area (Å²) < 4.78 is 0.724. The molecule has 1 aromatic heterocycles. The van der Waals surface area contributed by atoms with Gasteiger partial charge < -0.3 is 11.3 Å². The molecule has 5 heteroatoms. The van der Waals surface area contributed by atoms with Crippen LogP contribution in [0.1, 0.15) is 14.3 Å². The Morgan fingerprint density at radius 3 is 2.71 bits per heavy atom. The molecule has 1 aromatic rings. The molecule has 0 amide bonds. The van der Waals surface area contributed by atoms with Crippen molar-refractivity contribution in [3.05, 3.63) is 21.8 Å². The van der Waals surface area contributed by atoms with Gasteiger partial charge in [0.2, 0.25) is 0 Å². The molecular formula is C9H12ClN2NaS. The first kappa shape index (κ1) is 12.5. The summed E-state index contributed by atoms with van der Waals surface area (Å²) in [4.78, 5) is 5.39. The van der Waals surface area contributed by atoms with Crippen molar-refractivity contribution in [2.75, 3.05) is 18.0 Å². The molecule has 1 N–H and O–H groups in total. The van der Waals surface area contributed by atoms with E-state index >= 15 is 0 Å². The Morgan fingerprint density at radius 1 is 1.43 bits per heavy atom. The van der Waals surface area contributed by atoms with Crippen LogP contribution in [-0.4, -0.2) is 18.1 Å². The van der Waals surface area contributed by atoms with E-state index in [0.717, 1.165) is 23.4 Å². The van der Waals surface area contributed by atoms with Gasteiger partial charge in [0.15, 0.2) is 0 Å². The van der Waals surface area contributed by atoms with Crippen molar-refractivity contribution in [1.82, 2.24) is 4.98 Å². The van der Waals surface area contributed by atoms with Gasteiger partial charge in [0.1, 0.15) is 5.82 Å². The second-order valence-electron chi connectivity index (χ2n) is 3.20. The molecule has 0 radical (unpaired) electrons. The van der Waals surface area contributed by atoms with Crippen molar-refractivity contribution in [2.45, 2.75) is 12.8 Å². The van der Waals surface area contributed by atoms with Gasteiger partial charge in [0.05, 0.1) is 9.53 Å². The Labute approximate surface area is 117 Å². The van der Waals surface area contributed by atoms with Crippen LogP contribution >= 0.6 is 23.8 Å². The molecule has 0 aromatic carbocycles. The number of aromatic nitrogens is 1. The van der Waals surface area contributed by atoms with Crippen molar-refractivity contribution in [3.8, 4) is 0 Å². The molecule has 72 valence electrons. The van der Waals surface area contributed by atoms with Crippen LogP contribution in [0.25, 0.3) is 0 Å². The maximum absolute atomic E-state index is 6.10. The fourth-order valence-corrected chi connectivity index (χ4v) is 2.02. The van der Waals surface area contributed by atoms with Gasteiger partial charge in [-0.05, 0) is 18.9 Å². The number of hydrogen-bond acceptors (Lipinski definition) is 2. The number of pyridine rings is 1. The zero-order valence-corrected chi connectivity index (χ0v) is 11.8. The number of nitrogens with zero attached hydrogens (tertiary/aromatic N) is 1. The van der Waals surface area contributed by atoms with Crippen LogP contribution in [-0.2, 0) is 0 Å². The summed E-state index contributed by atoms with van der Waals surface area (Å²) in [6.07, 6.45) is 4.33. The Morgan fingerprint density at radius 2 is 2.07 bits per heavy atom. The van der Waals surface area contributed by atoms with E-state index in [2.05, 4.69) is 9.88 Å². The fourth-order valence-electron chi connectivity index (χ4n) is 1.62. The molecule has 0 unspecified atom stereocenters. The van der Waals surface area contributed by atoms with Crippen molar-refractivity contribution in [1.29, 1.82) is 0 Å². The summed E-state index contributed by atoms with van der Waals surface area (Å²) in [5, 5.41) is 0.680. The fraction of sp³-hybridized carbons (Fsp3) is 0.444. The van der Waals surface area contributed by atoms with Gasteiger partial charge in [-0.2, -0.15) is 0 Å². The predicted molar refractivity (Wildman–Crippen MR) is 59.2 cm³/mol. The van der Waals surface area contributed by atoms with E-state index in [0.29, 0.717) is 5.02 Å². The monoisotopic (exact) mass is 238 g/mol. The molecule has 2 heterocycles. The molecule has 1 fully saturated rings. The van der Waals surface area contributed by atoms with Crippen molar-refractivity contribution in [2.24, 2.45) is 0 Å². The minimum Gasteiger partial charge on any atom is -1.00 e. The van der Waals surface area contributed by atoms with Gasteiger partial charge in [0.25, 0.3) is 0 Å². The summed E-state index contributed by atoms with van der Waals surface area (Å²) in [6.45, 7) is 2.16. The molecule has 1 aliphatic rings. The molecule has 0 aliphatic carbocycles. The van der Waals surface area contributed by atoms with Gasteiger partial charge >= 0.3 is 29.6 Å². The van der Waals surface area contributed by atoms with Crippen LogP contribution in [0.3, 0.4) is 0 Å². The Kier molecular flexibility index (Phi) is 4.94. The zero-order chi connectivity index (χ0) is 9.26. The van der Waals surface area contributed by atoms with Crippen LogP contribution in [0.4, 0.5) is 5.82 Å². The normalized spacial score (nSPS) is 15.4. The number of nitrogens with one attached hydrogen (secondary N) is 1. The number of anilines is 1. The minimum absolute atomic E-state index is 0. The van der Waals surface area contributed by atoms with Crippen LogP contribution in [0.5, 0.6) is 0 Å². The Hall–Kier alpha value is 0.460. The number of aromatic amines is 1. The Balaban J connectivity index is 0.000000980. The molecule has 0 spiro atoms. The van der Waals surface area contributed by atoms with Crippen LogP contribution < -0.4 is 34.5 Å². The first-order valence-electron chi connectivity index (χ1n) is 4.41. The minimum atomic E-state index is 0. The second-order valence-corrected chi connectivity index (χ2v) is 4.02. The standard InChI is InChI=1S/C9H11ClN2S.Na.H/c10-8-7(13)3-4-11-9(8)12-5-1-2-6-12;;/h3-4H,1-2,5-6H2,(H,11,13);;/q;+1;-1. The van der Waals surface area contributed by atoms with Crippen molar-refractivity contribution >= 4 is 29.6 Å². The van der Waals surface area contributed by atoms with Crippen LogP contribution in [0.2, 0.25) is 5.02 Å². The van der Waals surface area contributed by atoms with Crippen molar-refractivity contribution < 1.29 is 31.0 Å². The predicted octanol–water partition coefficient (Wildman–Crippen LogP) is 0.114. The first-order valence-corrected chi connectivity index (χ1v) is 5.20. The number of H-pyrrole nitrogens is 1. The number of halogens is 1. The van der Waals surface area contributed by atoms with E-state index in [1.54, 1.807) is 0 Å². The molecule has 0 saturated carbocycles. The summed E-state index contributed by atoms with van der Waals surface area (Å²) >= 11 is 11.2. The van der Waals surface area contributed by atoms with Crippen LogP contribution in [0, 0.1) is 4.51 Å². The second kappa shape index (κ2) is 5.52. The molecule has 1 aliphatic heterocycles. The van der Waals surface area contributed by atoms with E-state index in [9.17, 15) is 0 Å². The van der Waals surface area contributed by atoms with Gasteiger partial charge in [-0.1, -0.05) is 23.8 Å². The zero-order valence-electron chi connectivity index (χ0n) is 9.22. The maximum Gasteiger partial charge on any atom is 1.00 e. The van der Waals surface area contributed by atoms with E-state index in [1.807, 2.05) is 12.3 Å².